The summed E-state index contributed by atoms with van der Waals surface area (Å²) in [6, 6.07) is 8.73. The van der Waals surface area contributed by atoms with E-state index >= 15 is 0 Å². The van der Waals surface area contributed by atoms with Crippen LogP contribution in [0.25, 0.3) is 0 Å². The molecule has 0 aliphatic rings. The van der Waals surface area contributed by atoms with Crippen LogP contribution in [0.5, 0.6) is 11.5 Å². The molecule has 7 heteroatoms. The zero-order chi connectivity index (χ0) is 15.2. The minimum atomic E-state index is -2.32. The lowest BCUT2D eigenvalue weighted by Crippen LogP contribution is -2.05. The highest BCUT2D eigenvalue weighted by molar-refractivity contribution is 7.33. The number of rotatable bonds is 6. The lowest BCUT2D eigenvalue weighted by molar-refractivity contribution is 0.274. The van der Waals surface area contributed by atoms with Gasteiger partial charge in [-0.1, -0.05) is 18.2 Å². The Balaban J connectivity index is 2.00. The van der Waals surface area contributed by atoms with Crippen LogP contribution >= 0.6 is 8.25 Å². The number of aromatic hydroxyl groups is 1. The average molecular weight is 307 g/mol. The van der Waals surface area contributed by atoms with Gasteiger partial charge in [-0.2, -0.15) is 0 Å². The first-order valence-electron chi connectivity index (χ1n) is 6.31. The predicted molar refractivity (Wildman–Crippen MR) is 78.0 cm³/mol. The van der Waals surface area contributed by atoms with Crippen LogP contribution in [0.3, 0.4) is 0 Å². The molecule has 1 unspecified atom stereocenters. The molecule has 21 heavy (non-hydrogen) atoms. The normalized spacial score (nSPS) is 11.2. The van der Waals surface area contributed by atoms with Gasteiger partial charge in [0.25, 0.3) is 0 Å². The molecule has 0 aliphatic heterocycles. The van der Waals surface area contributed by atoms with E-state index in [0.717, 1.165) is 0 Å². The standard InChI is InChI=1S/C14H15N2O4P/c1-10-14(17)13(7-15)11(8-16-10)9-19-21(18)20-12-5-3-2-4-6-12/h2-6,8H,7,9,15H2,1H3/p+1. The number of nitrogens with zero attached hydrogens (tertiary/aromatic N) is 1. The van der Waals surface area contributed by atoms with Gasteiger partial charge in [-0.25, -0.2) is 4.52 Å². The SMILES string of the molecule is Cc1ncc(CO[P+](=O)Oc2ccccc2)c(CN)c1O. The molecule has 2 aromatic rings. The van der Waals surface area contributed by atoms with Crippen LogP contribution in [0.2, 0.25) is 0 Å². The van der Waals surface area contributed by atoms with E-state index in [1.807, 2.05) is 6.07 Å². The fraction of sp³-hybridized carbons (Fsp3) is 0.214. The largest absolute Gasteiger partial charge is 0.750 e. The van der Waals surface area contributed by atoms with Crippen molar-refractivity contribution in [3.05, 3.63) is 53.3 Å². The fourth-order valence-corrected chi connectivity index (χ4v) is 2.34. The summed E-state index contributed by atoms with van der Waals surface area (Å²) < 4.78 is 22.0. The lowest BCUT2D eigenvalue weighted by atomic mass is 10.1. The summed E-state index contributed by atoms with van der Waals surface area (Å²) in [5.74, 6) is 0.500. The van der Waals surface area contributed by atoms with Crippen LogP contribution in [0.15, 0.2) is 36.5 Å². The maximum Gasteiger partial charge on any atom is 0.750 e. The second-order valence-electron chi connectivity index (χ2n) is 4.30. The first-order chi connectivity index (χ1) is 10.1. The minimum absolute atomic E-state index is 0.00455. The van der Waals surface area contributed by atoms with E-state index in [0.29, 0.717) is 22.6 Å². The van der Waals surface area contributed by atoms with Crippen LogP contribution in [-0.2, 0) is 22.2 Å². The summed E-state index contributed by atoms with van der Waals surface area (Å²) >= 11 is 0. The topological polar surface area (TPSA) is 94.7 Å². The zero-order valence-corrected chi connectivity index (χ0v) is 12.4. The molecule has 0 spiro atoms. The summed E-state index contributed by atoms with van der Waals surface area (Å²) in [4.78, 5) is 4.03. The van der Waals surface area contributed by atoms with Crippen molar-refractivity contribution in [1.82, 2.24) is 4.98 Å². The molecule has 0 radical (unpaired) electrons. The van der Waals surface area contributed by atoms with Crippen molar-refractivity contribution in [2.24, 2.45) is 5.73 Å². The van der Waals surface area contributed by atoms with Crippen molar-refractivity contribution < 1.29 is 18.7 Å². The van der Waals surface area contributed by atoms with Gasteiger partial charge in [0.1, 0.15) is 12.4 Å². The monoisotopic (exact) mass is 307 g/mol. The van der Waals surface area contributed by atoms with Crippen molar-refractivity contribution in [1.29, 1.82) is 0 Å². The maximum atomic E-state index is 11.7. The number of aromatic nitrogens is 1. The zero-order valence-electron chi connectivity index (χ0n) is 11.5. The Labute approximate surface area is 123 Å². The molecule has 0 amide bonds. The van der Waals surface area contributed by atoms with E-state index in [1.54, 1.807) is 37.4 Å². The smallest absolute Gasteiger partial charge is 0.506 e. The van der Waals surface area contributed by atoms with E-state index in [1.165, 1.54) is 0 Å². The van der Waals surface area contributed by atoms with Crippen molar-refractivity contribution in [2.75, 3.05) is 0 Å². The van der Waals surface area contributed by atoms with Gasteiger partial charge in [-0.05, 0) is 19.1 Å². The van der Waals surface area contributed by atoms with Gasteiger partial charge < -0.3 is 10.8 Å². The highest BCUT2D eigenvalue weighted by Crippen LogP contribution is 2.31. The Kier molecular flexibility index (Phi) is 5.22. The Bertz CT molecular complexity index is 634. The van der Waals surface area contributed by atoms with Gasteiger partial charge in [0.2, 0.25) is 0 Å². The van der Waals surface area contributed by atoms with Crippen molar-refractivity contribution >= 4 is 8.25 Å². The number of hydrogen-bond donors (Lipinski definition) is 2. The van der Waals surface area contributed by atoms with Crippen LogP contribution in [0.1, 0.15) is 16.8 Å². The molecule has 0 aliphatic carbocycles. The third-order valence-corrected chi connectivity index (χ3v) is 3.58. The van der Waals surface area contributed by atoms with Crippen LogP contribution < -0.4 is 10.3 Å². The lowest BCUT2D eigenvalue weighted by Gasteiger charge is -2.08. The molecule has 110 valence electrons. The number of aryl methyl sites for hydroxylation is 1. The molecule has 1 aromatic carbocycles. The van der Waals surface area contributed by atoms with Gasteiger partial charge in [0.15, 0.2) is 5.75 Å². The Morgan fingerprint density at radius 2 is 2.05 bits per heavy atom. The van der Waals surface area contributed by atoms with Crippen molar-refractivity contribution in [3.63, 3.8) is 0 Å². The maximum absolute atomic E-state index is 11.7. The molecule has 3 N–H and O–H groups in total. The van der Waals surface area contributed by atoms with Gasteiger partial charge in [-0.3, -0.25) is 4.98 Å². The summed E-state index contributed by atoms with van der Waals surface area (Å²) in [7, 11) is -2.32. The summed E-state index contributed by atoms with van der Waals surface area (Å²) in [6.07, 6.45) is 1.54. The first-order valence-corrected chi connectivity index (χ1v) is 7.41. The summed E-state index contributed by atoms with van der Waals surface area (Å²) in [5, 5.41) is 9.88. The summed E-state index contributed by atoms with van der Waals surface area (Å²) in [6.45, 7) is 1.82. The average Bonchev–Trinajstić information content (AvgIpc) is 2.49. The van der Waals surface area contributed by atoms with E-state index in [-0.39, 0.29) is 18.9 Å². The fourth-order valence-electron chi connectivity index (χ4n) is 1.75. The third-order valence-electron chi connectivity index (χ3n) is 2.88. The number of para-hydroxylation sites is 1. The minimum Gasteiger partial charge on any atom is -0.506 e. The second-order valence-corrected chi connectivity index (χ2v) is 5.19. The third kappa shape index (κ3) is 3.98. The number of nitrogens with two attached hydrogens (primary N) is 1. The predicted octanol–water partition coefficient (Wildman–Crippen LogP) is 2.81. The van der Waals surface area contributed by atoms with E-state index in [2.05, 4.69) is 4.98 Å². The van der Waals surface area contributed by atoms with Gasteiger partial charge in [0, 0.05) is 28.4 Å². The Morgan fingerprint density at radius 1 is 1.33 bits per heavy atom. The number of benzene rings is 1. The van der Waals surface area contributed by atoms with E-state index in [9.17, 15) is 9.67 Å². The first kappa shape index (κ1) is 15.4. The molecular weight excluding hydrogens is 291 g/mol. The molecule has 1 heterocycles. The molecule has 0 saturated heterocycles. The molecule has 0 bridgehead atoms. The molecule has 2 rings (SSSR count). The highest BCUT2D eigenvalue weighted by atomic mass is 31.1. The molecule has 1 aromatic heterocycles. The van der Waals surface area contributed by atoms with E-state index < -0.39 is 8.25 Å². The van der Waals surface area contributed by atoms with E-state index in [4.69, 9.17) is 14.8 Å². The van der Waals surface area contributed by atoms with Gasteiger partial charge in [0.05, 0.1) is 5.69 Å². The molecule has 1 atom stereocenters. The van der Waals surface area contributed by atoms with Gasteiger partial charge in [-0.15, -0.1) is 4.52 Å². The van der Waals surface area contributed by atoms with Crippen molar-refractivity contribution in [3.8, 4) is 11.5 Å². The summed E-state index contributed by atoms with van der Waals surface area (Å²) in [5.41, 5.74) is 7.21. The van der Waals surface area contributed by atoms with Crippen LogP contribution in [-0.4, -0.2) is 10.1 Å². The van der Waals surface area contributed by atoms with Crippen LogP contribution in [0.4, 0.5) is 0 Å². The highest BCUT2D eigenvalue weighted by Gasteiger charge is 2.23. The quantitative estimate of drug-likeness (QED) is 0.797. The molecular formula is C14H16N2O4P+. The van der Waals surface area contributed by atoms with Gasteiger partial charge >= 0.3 is 8.25 Å². The van der Waals surface area contributed by atoms with Crippen molar-refractivity contribution in [2.45, 2.75) is 20.1 Å². The molecule has 6 nitrogen and oxygen atoms in total. The Morgan fingerprint density at radius 3 is 2.71 bits per heavy atom. The molecule has 0 fully saturated rings. The van der Waals surface area contributed by atoms with Crippen LogP contribution in [0, 0.1) is 6.92 Å². The Hall–Kier alpha value is -2.01. The second kappa shape index (κ2) is 7.13. The number of pyridine rings is 1. The molecule has 0 saturated carbocycles. The number of hydrogen-bond acceptors (Lipinski definition) is 6.